The Balaban J connectivity index is 1.33. The molecule has 0 spiro atoms. The molecule has 162 valence electrons. The van der Waals surface area contributed by atoms with Crippen LogP contribution >= 0.6 is 0 Å². The second kappa shape index (κ2) is 8.67. The van der Waals surface area contributed by atoms with Crippen LogP contribution in [-0.2, 0) is 7.05 Å². The molecule has 4 aromatic rings. The van der Waals surface area contributed by atoms with E-state index in [0.717, 1.165) is 42.6 Å². The van der Waals surface area contributed by atoms with Crippen LogP contribution in [0.25, 0.3) is 22.2 Å². The number of benzene rings is 1. The molecule has 4 heterocycles. The van der Waals surface area contributed by atoms with Gasteiger partial charge in [0.15, 0.2) is 0 Å². The summed E-state index contributed by atoms with van der Waals surface area (Å²) in [5.74, 6) is 0.645. The van der Waals surface area contributed by atoms with Gasteiger partial charge in [0.25, 0.3) is 5.91 Å². The molecule has 1 fully saturated rings. The zero-order chi connectivity index (χ0) is 21.9. The summed E-state index contributed by atoms with van der Waals surface area (Å²) in [5.41, 5.74) is 2.85. The lowest BCUT2D eigenvalue weighted by atomic mass is 10.1. The number of aromatic nitrogens is 6. The summed E-state index contributed by atoms with van der Waals surface area (Å²) in [6.07, 6.45) is 7.21. The monoisotopic (exact) mass is 429 g/mol. The lowest BCUT2D eigenvalue weighted by Gasteiger charge is -2.24. The molecule has 10 heteroatoms. The second-order valence-corrected chi connectivity index (χ2v) is 7.80. The van der Waals surface area contributed by atoms with Crippen LogP contribution in [0.5, 0.6) is 0 Å². The van der Waals surface area contributed by atoms with Crippen LogP contribution in [0.15, 0.2) is 48.9 Å². The quantitative estimate of drug-likeness (QED) is 0.441. The number of fused-ring (bicyclic) bond motifs is 1. The molecule has 5 rings (SSSR count). The number of hydrogen-bond acceptors (Lipinski definition) is 8. The SMILES string of the molecule is Cn1cc(-c2ccc3cnc(NC(=O)c4ccnc(NC5CCNCC5)c4)nc3c2)nn1. The molecule has 3 aromatic heterocycles. The van der Waals surface area contributed by atoms with Crippen LogP contribution in [0.3, 0.4) is 0 Å². The molecule has 1 aliphatic rings. The molecule has 1 aromatic carbocycles. The minimum Gasteiger partial charge on any atom is -0.367 e. The summed E-state index contributed by atoms with van der Waals surface area (Å²) in [4.78, 5) is 26.0. The van der Waals surface area contributed by atoms with Gasteiger partial charge in [-0.1, -0.05) is 17.3 Å². The van der Waals surface area contributed by atoms with E-state index in [-0.39, 0.29) is 11.9 Å². The Morgan fingerprint density at radius 2 is 2.03 bits per heavy atom. The van der Waals surface area contributed by atoms with Gasteiger partial charge in [0, 0.05) is 42.0 Å². The van der Waals surface area contributed by atoms with E-state index in [1.165, 1.54) is 0 Å². The fourth-order valence-corrected chi connectivity index (χ4v) is 3.72. The summed E-state index contributed by atoms with van der Waals surface area (Å²) < 4.78 is 1.65. The van der Waals surface area contributed by atoms with Gasteiger partial charge in [0.2, 0.25) is 5.95 Å². The Labute approximate surface area is 184 Å². The normalized spacial score (nSPS) is 14.4. The number of nitrogens with zero attached hydrogens (tertiary/aromatic N) is 6. The number of nitrogens with one attached hydrogen (secondary N) is 3. The van der Waals surface area contributed by atoms with Gasteiger partial charge in [-0.2, -0.15) is 0 Å². The number of hydrogen-bond donors (Lipinski definition) is 3. The van der Waals surface area contributed by atoms with Gasteiger partial charge in [-0.15, -0.1) is 5.10 Å². The molecule has 32 heavy (non-hydrogen) atoms. The molecule has 1 saturated heterocycles. The van der Waals surface area contributed by atoms with Gasteiger partial charge in [0.1, 0.15) is 11.5 Å². The van der Waals surface area contributed by atoms with Crippen molar-refractivity contribution in [3.05, 3.63) is 54.5 Å². The summed E-state index contributed by atoms with van der Waals surface area (Å²) >= 11 is 0. The Bertz CT molecular complexity index is 1260. The number of pyridine rings is 1. The van der Waals surface area contributed by atoms with E-state index < -0.39 is 0 Å². The first-order chi connectivity index (χ1) is 15.6. The molecular weight excluding hydrogens is 406 g/mol. The van der Waals surface area contributed by atoms with E-state index in [1.807, 2.05) is 31.4 Å². The van der Waals surface area contributed by atoms with Crippen LogP contribution in [0.2, 0.25) is 0 Å². The first kappa shape index (κ1) is 20.0. The highest BCUT2D eigenvalue weighted by atomic mass is 16.1. The molecule has 0 radical (unpaired) electrons. The third-order valence-electron chi connectivity index (χ3n) is 5.42. The molecular formula is C22H23N9O. The van der Waals surface area contributed by atoms with Crippen LogP contribution in [-0.4, -0.2) is 55.0 Å². The maximum atomic E-state index is 12.8. The third-order valence-corrected chi connectivity index (χ3v) is 5.42. The maximum Gasteiger partial charge on any atom is 0.258 e. The highest BCUT2D eigenvalue weighted by Crippen LogP contribution is 2.22. The average Bonchev–Trinajstić information content (AvgIpc) is 3.26. The number of anilines is 2. The molecule has 3 N–H and O–H groups in total. The standard InChI is InChI=1S/C22H23N9O/c1-31-13-19(29-30-31)14-2-3-16-12-25-22(27-18(16)10-14)28-21(32)15-4-9-24-20(11-15)26-17-5-7-23-8-6-17/h2-4,9-13,17,23H,5-8H2,1H3,(H,24,26)(H,25,27,28,32). The van der Waals surface area contributed by atoms with Crippen LogP contribution < -0.4 is 16.0 Å². The van der Waals surface area contributed by atoms with Gasteiger partial charge in [-0.3, -0.25) is 14.8 Å². The van der Waals surface area contributed by atoms with Crippen molar-refractivity contribution in [2.75, 3.05) is 23.7 Å². The lowest BCUT2D eigenvalue weighted by Crippen LogP contribution is -2.35. The van der Waals surface area contributed by atoms with Crippen molar-refractivity contribution in [1.29, 1.82) is 0 Å². The molecule has 0 unspecified atom stereocenters. The maximum absolute atomic E-state index is 12.8. The summed E-state index contributed by atoms with van der Waals surface area (Å²) in [6, 6.07) is 9.56. The molecule has 0 aliphatic carbocycles. The molecule has 0 atom stereocenters. The Morgan fingerprint density at radius 3 is 2.84 bits per heavy atom. The molecule has 1 amide bonds. The predicted octanol–water partition coefficient (Wildman–Crippen LogP) is 2.24. The van der Waals surface area contributed by atoms with Crippen molar-refractivity contribution in [3.63, 3.8) is 0 Å². The minimum atomic E-state index is -0.287. The van der Waals surface area contributed by atoms with Crippen LogP contribution in [0, 0.1) is 0 Å². The molecule has 1 aliphatic heterocycles. The van der Waals surface area contributed by atoms with Crippen LogP contribution in [0.4, 0.5) is 11.8 Å². The largest absolute Gasteiger partial charge is 0.367 e. The van der Waals surface area contributed by atoms with Gasteiger partial charge >= 0.3 is 0 Å². The predicted molar refractivity (Wildman–Crippen MR) is 121 cm³/mol. The highest BCUT2D eigenvalue weighted by molar-refractivity contribution is 6.04. The van der Waals surface area contributed by atoms with E-state index in [0.29, 0.717) is 22.9 Å². The molecule has 0 saturated carbocycles. The van der Waals surface area contributed by atoms with Gasteiger partial charge in [-0.05, 0) is 44.1 Å². The fourth-order valence-electron chi connectivity index (χ4n) is 3.72. The Kier molecular flexibility index (Phi) is 5.42. The van der Waals surface area contributed by atoms with Crippen molar-refractivity contribution < 1.29 is 4.79 Å². The number of carbonyl (C=O) groups is 1. The fraction of sp³-hybridized carbons (Fsp3) is 0.273. The lowest BCUT2D eigenvalue weighted by molar-refractivity contribution is 0.102. The van der Waals surface area contributed by atoms with E-state index in [1.54, 1.807) is 29.2 Å². The topological polar surface area (TPSA) is 123 Å². The first-order valence-corrected chi connectivity index (χ1v) is 10.5. The highest BCUT2D eigenvalue weighted by Gasteiger charge is 2.15. The van der Waals surface area contributed by atoms with E-state index >= 15 is 0 Å². The zero-order valence-corrected chi connectivity index (χ0v) is 17.6. The first-order valence-electron chi connectivity index (χ1n) is 10.5. The van der Waals surface area contributed by atoms with E-state index in [2.05, 4.69) is 41.2 Å². The van der Waals surface area contributed by atoms with Crippen molar-refractivity contribution in [2.24, 2.45) is 7.05 Å². The summed E-state index contributed by atoms with van der Waals surface area (Å²) in [7, 11) is 1.82. The van der Waals surface area contributed by atoms with Gasteiger partial charge in [-0.25, -0.2) is 15.0 Å². The second-order valence-electron chi connectivity index (χ2n) is 7.80. The van der Waals surface area contributed by atoms with Gasteiger partial charge < -0.3 is 10.6 Å². The average molecular weight is 429 g/mol. The Hall–Kier alpha value is -3.92. The van der Waals surface area contributed by atoms with Crippen LogP contribution in [0.1, 0.15) is 23.2 Å². The summed E-state index contributed by atoms with van der Waals surface area (Å²) in [6.45, 7) is 1.96. The minimum absolute atomic E-state index is 0.239. The Morgan fingerprint density at radius 1 is 1.16 bits per heavy atom. The van der Waals surface area contributed by atoms with Crippen molar-refractivity contribution in [1.82, 2.24) is 35.3 Å². The third kappa shape index (κ3) is 4.40. The van der Waals surface area contributed by atoms with Gasteiger partial charge in [0.05, 0.1) is 11.7 Å². The van der Waals surface area contributed by atoms with Crippen molar-refractivity contribution in [3.8, 4) is 11.3 Å². The summed E-state index contributed by atoms with van der Waals surface area (Å²) in [5, 5.41) is 18.5. The smallest absolute Gasteiger partial charge is 0.258 e. The van der Waals surface area contributed by atoms with Crippen molar-refractivity contribution >= 4 is 28.6 Å². The number of rotatable bonds is 5. The number of aryl methyl sites for hydroxylation is 1. The number of carbonyl (C=O) groups excluding carboxylic acids is 1. The number of amides is 1. The number of piperidine rings is 1. The zero-order valence-electron chi connectivity index (χ0n) is 17.6. The van der Waals surface area contributed by atoms with E-state index in [9.17, 15) is 4.79 Å². The molecule has 0 bridgehead atoms. The van der Waals surface area contributed by atoms with E-state index in [4.69, 9.17) is 0 Å². The molecule has 10 nitrogen and oxygen atoms in total. The van der Waals surface area contributed by atoms with Crippen molar-refractivity contribution in [2.45, 2.75) is 18.9 Å².